The quantitative estimate of drug-likeness (QED) is 0.0957. The molecule has 1 saturated heterocycles. The topological polar surface area (TPSA) is 160 Å². The maximum absolute atomic E-state index is 12.8. The van der Waals surface area contributed by atoms with E-state index in [0.717, 1.165) is 91.0 Å². The molecule has 2 aromatic heterocycles. The summed E-state index contributed by atoms with van der Waals surface area (Å²) in [4.78, 5) is 56.8. The van der Waals surface area contributed by atoms with Crippen LogP contribution in [0.1, 0.15) is 103 Å². The van der Waals surface area contributed by atoms with E-state index in [1.54, 1.807) is 49.3 Å². The predicted molar refractivity (Wildman–Crippen MR) is 211 cm³/mol. The number of fused-ring (bicyclic) bond motifs is 1. The first-order valence-corrected chi connectivity index (χ1v) is 20.5. The van der Waals surface area contributed by atoms with Crippen LogP contribution in [0.15, 0.2) is 41.0 Å². The highest BCUT2D eigenvalue weighted by atomic mass is 32.2. The van der Waals surface area contributed by atoms with Crippen LogP contribution >= 0.6 is 11.3 Å². The van der Waals surface area contributed by atoms with Crippen molar-refractivity contribution in [1.82, 2.24) is 24.9 Å². The lowest BCUT2D eigenvalue weighted by atomic mass is 10.1. The predicted octanol–water partition coefficient (Wildman–Crippen LogP) is 6.06. The Hall–Kier alpha value is -3.88. The number of methoxy groups -OCH3 is 1. The average molecular weight is 770 g/mol. The maximum atomic E-state index is 12.8. The number of carbonyl (C=O) groups is 3. The van der Waals surface area contributed by atoms with Gasteiger partial charge in [-0.3, -0.25) is 23.9 Å². The SMILES string of the molecule is C=CCCCCOC(C)(C)C(=O)N1CCCC1C(=O)NC1CC1.COc1ccc2c(=O)cc(-c3nc(C(C)C)cs3)[nH]c2c1C.O=CNS(=O)C1CC1. The summed E-state index contributed by atoms with van der Waals surface area (Å²) in [6, 6.07) is 5.25. The van der Waals surface area contributed by atoms with Gasteiger partial charge in [0.1, 0.15) is 33.4 Å². The van der Waals surface area contributed by atoms with Crippen molar-refractivity contribution in [2.75, 3.05) is 20.3 Å². The van der Waals surface area contributed by atoms with Crippen LogP contribution in [0.5, 0.6) is 5.75 Å². The summed E-state index contributed by atoms with van der Waals surface area (Å²) >= 11 is 1.55. The molecular formula is C39H55N5O7S2. The molecule has 6 rings (SSSR count). The van der Waals surface area contributed by atoms with Crippen molar-refractivity contribution in [3.05, 3.63) is 57.7 Å². The van der Waals surface area contributed by atoms with Crippen molar-refractivity contribution in [3.63, 3.8) is 0 Å². The molecule has 12 nitrogen and oxygen atoms in total. The molecule has 3 amide bonds. The van der Waals surface area contributed by atoms with Crippen LogP contribution in [-0.2, 0) is 30.1 Å². The first-order valence-electron chi connectivity index (χ1n) is 18.4. The highest BCUT2D eigenvalue weighted by molar-refractivity contribution is 7.84. The molecule has 3 fully saturated rings. The Kier molecular flexibility index (Phi) is 15.4. The minimum atomic E-state index is -1.08. The van der Waals surface area contributed by atoms with Crippen molar-refractivity contribution in [2.24, 2.45) is 0 Å². The molecule has 2 aliphatic carbocycles. The first-order chi connectivity index (χ1) is 25.3. The number of ether oxygens (including phenoxy) is 2. The Labute approximate surface area is 319 Å². The number of aryl methyl sites for hydroxylation is 1. The van der Waals surface area contributed by atoms with Gasteiger partial charge in [0, 0.05) is 41.6 Å². The minimum absolute atomic E-state index is 0.000123. The molecule has 2 unspecified atom stereocenters. The summed E-state index contributed by atoms with van der Waals surface area (Å²) in [7, 11) is 0.552. The minimum Gasteiger partial charge on any atom is -0.496 e. The lowest BCUT2D eigenvalue weighted by molar-refractivity contribution is -0.157. The number of H-pyrrole nitrogens is 1. The third-order valence-corrected chi connectivity index (χ3v) is 11.6. The molecule has 2 saturated carbocycles. The molecule has 1 aliphatic heterocycles. The Bertz CT molecular complexity index is 1810. The second-order valence-electron chi connectivity index (χ2n) is 14.4. The Morgan fingerprint density at radius 2 is 1.92 bits per heavy atom. The lowest BCUT2D eigenvalue weighted by Gasteiger charge is -2.32. The zero-order valence-corrected chi connectivity index (χ0v) is 33.5. The second-order valence-corrected chi connectivity index (χ2v) is 16.8. The molecule has 0 bridgehead atoms. The first kappa shape index (κ1) is 41.9. The van der Waals surface area contributed by atoms with Crippen molar-refractivity contribution in [1.29, 1.82) is 0 Å². The number of aromatic amines is 1. The third-order valence-electron chi connectivity index (χ3n) is 9.29. The van der Waals surface area contributed by atoms with Gasteiger partial charge in [-0.15, -0.1) is 17.9 Å². The van der Waals surface area contributed by atoms with Crippen LogP contribution in [0.2, 0.25) is 0 Å². The Morgan fingerprint density at radius 1 is 1.19 bits per heavy atom. The number of thiazole rings is 1. The number of carbonyl (C=O) groups excluding carboxylic acids is 3. The van der Waals surface area contributed by atoms with E-state index < -0.39 is 16.6 Å². The van der Waals surface area contributed by atoms with E-state index in [1.807, 2.05) is 24.4 Å². The molecule has 53 heavy (non-hydrogen) atoms. The van der Waals surface area contributed by atoms with E-state index in [-0.39, 0.29) is 28.5 Å². The molecular weight excluding hydrogens is 715 g/mol. The standard InChI is InChI=1S/C18H30N2O3.C17H18N2O2S.C4H7NO2S/c1-4-5-6-7-13-23-18(2,3)17(22)20-12-8-9-15(20)16(21)19-14-10-11-14;1-9(2)13-8-22-17(19-13)12-7-14(20)11-5-6-15(21-4)10(3)16(11)18-12;6-3-5-8(7)4-1-2-4/h4,14-15H,1,5-13H2,2-3H3,(H,19,21);5-9H,1-4H3,(H,18,20);3-4H,1-2H2,(H,5,6). The van der Waals surface area contributed by atoms with Crippen LogP contribution in [0.25, 0.3) is 21.6 Å². The maximum Gasteiger partial charge on any atom is 0.254 e. The highest BCUT2D eigenvalue weighted by Gasteiger charge is 2.42. The molecule has 14 heteroatoms. The highest BCUT2D eigenvalue weighted by Crippen LogP contribution is 2.30. The van der Waals surface area contributed by atoms with Crippen LogP contribution < -0.4 is 20.2 Å². The Balaban J connectivity index is 0.000000196. The molecule has 0 spiro atoms. The molecule has 0 radical (unpaired) electrons. The number of unbranched alkanes of at least 4 members (excludes halogenated alkanes) is 2. The monoisotopic (exact) mass is 769 g/mol. The van der Waals surface area contributed by atoms with Gasteiger partial charge in [-0.1, -0.05) is 19.9 Å². The summed E-state index contributed by atoms with van der Waals surface area (Å²) in [6.07, 6.45) is 11.0. The molecule has 3 aliphatic rings. The third kappa shape index (κ3) is 11.8. The van der Waals surface area contributed by atoms with Gasteiger partial charge in [0.15, 0.2) is 5.43 Å². The number of nitrogens with zero attached hydrogens (tertiary/aromatic N) is 2. The number of benzene rings is 1. The zero-order chi connectivity index (χ0) is 38.7. The molecule has 3 N–H and O–H groups in total. The van der Waals surface area contributed by atoms with E-state index in [1.165, 1.54) is 0 Å². The van der Waals surface area contributed by atoms with Gasteiger partial charge >= 0.3 is 0 Å². The summed E-state index contributed by atoms with van der Waals surface area (Å²) in [5.41, 5.74) is 2.66. The number of allylic oxidation sites excluding steroid dienone is 1. The lowest BCUT2D eigenvalue weighted by Crippen LogP contribution is -2.53. The number of rotatable bonds is 15. The number of amides is 3. The van der Waals surface area contributed by atoms with Gasteiger partial charge < -0.3 is 24.7 Å². The summed E-state index contributed by atoms with van der Waals surface area (Å²) < 4.78 is 23.9. The molecule has 2 atom stereocenters. The van der Waals surface area contributed by atoms with E-state index in [2.05, 4.69) is 40.4 Å². The van der Waals surface area contributed by atoms with E-state index in [0.29, 0.717) is 36.9 Å². The molecule has 3 heterocycles. The number of hydrogen-bond donors (Lipinski definition) is 3. The smallest absolute Gasteiger partial charge is 0.254 e. The summed E-state index contributed by atoms with van der Waals surface area (Å²) in [5.74, 6) is 1.07. The summed E-state index contributed by atoms with van der Waals surface area (Å²) in [5, 5.41) is 6.82. The number of hydrogen-bond acceptors (Lipinski definition) is 9. The van der Waals surface area contributed by atoms with Crippen LogP contribution in [0.4, 0.5) is 0 Å². The second kappa shape index (κ2) is 19.4. The van der Waals surface area contributed by atoms with Gasteiger partial charge in [0.2, 0.25) is 12.3 Å². The molecule has 3 aromatic rings. The number of likely N-dealkylation sites (tertiary alicyclic amines) is 1. The van der Waals surface area contributed by atoms with E-state index in [9.17, 15) is 23.4 Å². The zero-order valence-electron chi connectivity index (χ0n) is 31.8. The molecule has 290 valence electrons. The number of nitrogens with one attached hydrogen (secondary N) is 3. The normalized spacial score (nSPS) is 17.3. The van der Waals surface area contributed by atoms with Crippen LogP contribution in [-0.4, -0.2) is 80.5 Å². The number of aromatic nitrogens is 2. The van der Waals surface area contributed by atoms with Gasteiger partial charge in [0.05, 0.1) is 29.3 Å². The Morgan fingerprint density at radius 3 is 2.53 bits per heavy atom. The van der Waals surface area contributed by atoms with Crippen molar-refractivity contribution in [2.45, 2.75) is 121 Å². The van der Waals surface area contributed by atoms with Gasteiger partial charge in [-0.25, -0.2) is 9.19 Å². The van der Waals surface area contributed by atoms with Gasteiger partial charge in [0.25, 0.3) is 5.91 Å². The molecule has 1 aromatic carbocycles. The van der Waals surface area contributed by atoms with Crippen molar-refractivity contribution in [3.8, 4) is 16.5 Å². The van der Waals surface area contributed by atoms with Crippen LogP contribution in [0, 0.1) is 6.92 Å². The van der Waals surface area contributed by atoms with Gasteiger partial charge in [-0.2, -0.15) is 0 Å². The number of pyridine rings is 1. The fourth-order valence-corrected chi connectivity index (χ4v) is 7.61. The van der Waals surface area contributed by atoms with Gasteiger partial charge in [-0.05, 0) is 96.6 Å². The fourth-order valence-electron chi connectivity index (χ4n) is 5.81. The van der Waals surface area contributed by atoms with E-state index in [4.69, 9.17) is 9.47 Å². The summed E-state index contributed by atoms with van der Waals surface area (Å²) in [6.45, 7) is 14.7. The van der Waals surface area contributed by atoms with Crippen molar-refractivity contribution >= 4 is 51.4 Å². The van der Waals surface area contributed by atoms with Crippen molar-refractivity contribution < 1.29 is 28.1 Å². The largest absolute Gasteiger partial charge is 0.496 e. The van der Waals surface area contributed by atoms with Crippen LogP contribution in [0.3, 0.4) is 0 Å². The van der Waals surface area contributed by atoms with E-state index >= 15 is 0 Å². The average Bonchev–Trinajstić information content (AvgIpc) is 4.04. The fraction of sp³-hybridized carbons (Fsp3) is 0.564.